The number of fused-ring (bicyclic) bond motifs is 1. The molecule has 0 saturated heterocycles. The van der Waals surface area contributed by atoms with Crippen LogP contribution in [0.1, 0.15) is 5.56 Å². The van der Waals surface area contributed by atoms with E-state index in [2.05, 4.69) is 22.4 Å². The Hall–Kier alpha value is -1.88. The van der Waals surface area contributed by atoms with Crippen molar-refractivity contribution >= 4 is 17.6 Å². The van der Waals surface area contributed by atoms with Crippen molar-refractivity contribution in [3.63, 3.8) is 0 Å². The predicted molar refractivity (Wildman–Crippen MR) is 80.8 cm³/mol. The largest absolute Gasteiger partial charge is 0.486 e. The quantitative estimate of drug-likeness (QED) is 0.875. The maximum Gasteiger partial charge on any atom is 0.162 e. The zero-order chi connectivity index (χ0) is 13.8. The summed E-state index contributed by atoms with van der Waals surface area (Å²) >= 11 is 1.76. The minimum atomic E-state index is 0.622. The second-order valence-electron chi connectivity index (χ2n) is 4.40. The molecular weight excluding hydrogens is 272 g/mol. The maximum atomic E-state index is 5.59. The van der Waals surface area contributed by atoms with Crippen molar-refractivity contribution in [1.82, 2.24) is 4.98 Å². The number of pyridine rings is 1. The van der Waals surface area contributed by atoms with E-state index in [0.717, 1.165) is 23.1 Å². The topological polar surface area (TPSA) is 43.4 Å². The Labute approximate surface area is 122 Å². The molecule has 2 heterocycles. The number of benzene rings is 1. The summed E-state index contributed by atoms with van der Waals surface area (Å²) in [6.45, 7) is 1.25. The fraction of sp³-hybridized carbons (Fsp3) is 0.267. The van der Waals surface area contributed by atoms with Gasteiger partial charge in [-0.2, -0.15) is 0 Å². The van der Waals surface area contributed by atoms with Gasteiger partial charge in [-0.3, -0.25) is 0 Å². The molecule has 1 aliphatic heterocycles. The van der Waals surface area contributed by atoms with Crippen molar-refractivity contribution in [3.8, 4) is 11.5 Å². The second-order valence-corrected chi connectivity index (χ2v) is 5.44. The van der Waals surface area contributed by atoms with Crippen LogP contribution >= 0.6 is 11.8 Å². The molecule has 0 saturated carbocycles. The van der Waals surface area contributed by atoms with Crippen molar-refractivity contribution < 1.29 is 9.47 Å². The summed E-state index contributed by atoms with van der Waals surface area (Å²) in [6, 6.07) is 10.1. The van der Waals surface area contributed by atoms with E-state index in [9.17, 15) is 0 Å². The van der Waals surface area contributed by atoms with Gasteiger partial charge < -0.3 is 14.8 Å². The van der Waals surface area contributed by atoms with Crippen molar-refractivity contribution in [2.24, 2.45) is 0 Å². The van der Waals surface area contributed by atoms with E-state index >= 15 is 0 Å². The number of nitrogens with one attached hydrogen (secondary N) is 1. The van der Waals surface area contributed by atoms with Gasteiger partial charge in [0.05, 0.1) is 0 Å². The molecule has 0 radical (unpaired) electrons. The molecule has 20 heavy (non-hydrogen) atoms. The highest BCUT2D eigenvalue weighted by molar-refractivity contribution is 7.98. The fourth-order valence-electron chi connectivity index (χ4n) is 1.94. The number of hydrogen-bond donors (Lipinski definition) is 1. The Morgan fingerprint density at radius 2 is 2.00 bits per heavy atom. The van der Waals surface area contributed by atoms with Crippen molar-refractivity contribution in [3.05, 3.63) is 42.1 Å². The summed E-state index contributed by atoms with van der Waals surface area (Å²) in [5, 5.41) is 3.01. The third-order valence-electron chi connectivity index (χ3n) is 3.00. The Morgan fingerprint density at radius 1 is 1.15 bits per heavy atom. The average molecular weight is 288 g/mol. The minimum absolute atomic E-state index is 0.622. The normalized spacial score (nSPS) is 13.1. The molecule has 1 N–H and O–H groups in total. The van der Waals surface area contributed by atoms with E-state index in [-0.39, 0.29) is 0 Å². The van der Waals surface area contributed by atoms with Gasteiger partial charge in [-0.25, -0.2) is 4.98 Å². The molecular formula is C15H16N2O2S. The summed E-state index contributed by atoms with van der Waals surface area (Å²) in [7, 11) is 1.87. The SMILES string of the molecule is CNc1ccc(CSc2ccc3c(c2)OCCO3)cn1. The molecule has 0 amide bonds. The van der Waals surface area contributed by atoms with E-state index < -0.39 is 0 Å². The van der Waals surface area contributed by atoms with Gasteiger partial charge in [0.2, 0.25) is 0 Å². The van der Waals surface area contributed by atoms with Crippen molar-refractivity contribution in [2.75, 3.05) is 25.6 Å². The molecule has 0 aliphatic carbocycles. The van der Waals surface area contributed by atoms with Crippen molar-refractivity contribution in [1.29, 1.82) is 0 Å². The molecule has 104 valence electrons. The number of rotatable bonds is 4. The number of ether oxygens (including phenoxy) is 2. The van der Waals surface area contributed by atoms with Gasteiger partial charge in [0.25, 0.3) is 0 Å². The van der Waals surface area contributed by atoms with Crippen LogP contribution in [-0.2, 0) is 5.75 Å². The third-order valence-corrected chi connectivity index (χ3v) is 4.06. The number of hydrogen-bond acceptors (Lipinski definition) is 5. The summed E-state index contributed by atoms with van der Waals surface area (Å²) in [4.78, 5) is 5.48. The van der Waals surface area contributed by atoms with Gasteiger partial charge in [-0.15, -0.1) is 11.8 Å². The minimum Gasteiger partial charge on any atom is -0.486 e. The fourth-order valence-corrected chi connectivity index (χ4v) is 2.80. The lowest BCUT2D eigenvalue weighted by atomic mass is 10.3. The monoisotopic (exact) mass is 288 g/mol. The van der Waals surface area contributed by atoms with E-state index in [1.807, 2.05) is 31.4 Å². The van der Waals surface area contributed by atoms with E-state index in [1.165, 1.54) is 10.5 Å². The van der Waals surface area contributed by atoms with Crippen LogP contribution in [0, 0.1) is 0 Å². The highest BCUT2D eigenvalue weighted by Gasteiger charge is 2.11. The first kappa shape index (κ1) is 13.1. The van der Waals surface area contributed by atoms with Crippen LogP contribution in [0.15, 0.2) is 41.4 Å². The van der Waals surface area contributed by atoms with Gasteiger partial charge in [0.15, 0.2) is 11.5 Å². The van der Waals surface area contributed by atoms with E-state index in [0.29, 0.717) is 13.2 Å². The molecule has 1 aromatic heterocycles. The van der Waals surface area contributed by atoms with Gasteiger partial charge >= 0.3 is 0 Å². The summed E-state index contributed by atoms with van der Waals surface area (Å²) in [5.74, 6) is 3.44. The summed E-state index contributed by atoms with van der Waals surface area (Å²) in [6.07, 6.45) is 1.90. The zero-order valence-electron chi connectivity index (χ0n) is 11.3. The first-order valence-electron chi connectivity index (χ1n) is 6.50. The van der Waals surface area contributed by atoms with Crippen LogP contribution in [0.5, 0.6) is 11.5 Å². The highest BCUT2D eigenvalue weighted by atomic mass is 32.2. The lowest BCUT2D eigenvalue weighted by Crippen LogP contribution is -2.15. The van der Waals surface area contributed by atoms with Crippen LogP contribution in [0.3, 0.4) is 0 Å². The summed E-state index contributed by atoms with van der Waals surface area (Å²) in [5.41, 5.74) is 1.20. The predicted octanol–water partition coefficient (Wildman–Crippen LogP) is 3.19. The molecule has 0 fully saturated rings. The van der Waals surface area contributed by atoms with Crippen LogP contribution in [0.4, 0.5) is 5.82 Å². The number of nitrogens with zero attached hydrogens (tertiary/aromatic N) is 1. The Bertz CT molecular complexity index is 587. The first-order chi connectivity index (χ1) is 9.85. The van der Waals surface area contributed by atoms with E-state index in [1.54, 1.807) is 11.8 Å². The van der Waals surface area contributed by atoms with Gasteiger partial charge in [-0.1, -0.05) is 6.07 Å². The molecule has 4 nitrogen and oxygen atoms in total. The maximum absolute atomic E-state index is 5.59. The van der Waals surface area contributed by atoms with Crippen LogP contribution in [0.2, 0.25) is 0 Å². The molecule has 3 rings (SSSR count). The average Bonchev–Trinajstić information content (AvgIpc) is 2.53. The second kappa shape index (κ2) is 6.05. The summed E-state index contributed by atoms with van der Waals surface area (Å²) < 4.78 is 11.1. The van der Waals surface area contributed by atoms with Gasteiger partial charge in [-0.05, 0) is 29.8 Å². The smallest absolute Gasteiger partial charge is 0.162 e. The molecule has 0 unspecified atom stereocenters. The molecule has 0 spiro atoms. The zero-order valence-corrected chi connectivity index (χ0v) is 12.1. The first-order valence-corrected chi connectivity index (χ1v) is 7.49. The lowest BCUT2D eigenvalue weighted by molar-refractivity contribution is 0.171. The Balaban J connectivity index is 1.65. The molecule has 1 aliphatic rings. The molecule has 2 aromatic rings. The van der Waals surface area contributed by atoms with Crippen LogP contribution < -0.4 is 14.8 Å². The lowest BCUT2D eigenvalue weighted by Gasteiger charge is -2.18. The number of aromatic nitrogens is 1. The Morgan fingerprint density at radius 3 is 2.75 bits per heavy atom. The Kier molecular flexibility index (Phi) is 3.97. The van der Waals surface area contributed by atoms with E-state index in [4.69, 9.17) is 9.47 Å². The van der Waals surface area contributed by atoms with Crippen LogP contribution in [-0.4, -0.2) is 25.2 Å². The number of anilines is 1. The molecule has 0 atom stereocenters. The standard InChI is InChI=1S/C15H16N2O2S/c1-16-15-5-2-11(9-17-15)10-20-12-3-4-13-14(8-12)19-7-6-18-13/h2-5,8-9H,6-7,10H2,1H3,(H,16,17). The molecule has 1 aromatic carbocycles. The molecule has 5 heteroatoms. The molecule has 0 bridgehead atoms. The van der Waals surface area contributed by atoms with Gasteiger partial charge in [0.1, 0.15) is 19.0 Å². The van der Waals surface area contributed by atoms with Gasteiger partial charge in [0, 0.05) is 23.9 Å². The van der Waals surface area contributed by atoms with Crippen LogP contribution in [0.25, 0.3) is 0 Å². The number of thioether (sulfide) groups is 1. The highest BCUT2D eigenvalue weighted by Crippen LogP contribution is 2.35. The van der Waals surface area contributed by atoms with Crippen molar-refractivity contribution in [2.45, 2.75) is 10.6 Å². The third kappa shape index (κ3) is 2.99.